The van der Waals surface area contributed by atoms with E-state index in [9.17, 15) is 14.4 Å². The van der Waals surface area contributed by atoms with Gasteiger partial charge in [0.1, 0.15) is 0 Å². The summed E-state index contributed by atoms with van der Waals surface area (Å²) in [6, 6.07) is 5.71. The van der Waals surface area contributed by atoms with Gasteiger partial charge in [-0.15, -0.1) is 0 Å². The van der Waals surface area contributed by atoms with E-state index in [0.29, 0.717) is 19.6 Å². The first-order valence-corrected chi connectivity index (χ1v) is 8.37. The molecule has 2 aliphatic rings. The molecule has 1 atom stereocenters. The van der Waals surface area contributed by atoms with Crippen molar-refractivity contribution in [3.63, 3.8) is 0 Å². The maximum absolute atomic E-state index is 12.5. The number of anilines is 1. The first-order chi connectivity index (χ1) is 11.0. The number of halogens is 1. The molecule has 0 aliphatic carbocycles. The maximum atomic E-state index is 12.5. The zero-order valence-corrected chi connectivity index (χ0v) is 14.4. The molecule has 2 aliphatic heterocycles. The topological polar surface area (TPSA) is 69.7 Å². The fourth-order valence-corrected chi connectivity index (χ4v) is 3.25. The van der Waals surface area contributed by atoms with E-state index in [2.05, 4.69) is 21.2 Å². The average molecular weight is 380 g/mol. The Hall–Kier alpha value is -1.89. The summed E-state index contributed by atoms with van der Waals surface area (Å²) < 4.78 is 0.986. The lowest BCUT2D eigenvalue weighted by molar-refractivity contribution is -0.141. The SMILES string of the molecule is Cc1cc(N2CC(C(=O)N3CCNC(=O)C3)CC2=O)ccc1Br. The van der Waals surface area contributed by atoms with Crippen LogP contribution in [0.4, 0.5) is 5.69 Å². The third-order valence-corrected chi connectivity index (χ3v) is 5.17. The van der Waals surface area contributed by atoms with Crippen molar-refractivity contribution in [1.82, 2.24) is 10.2 Å². The highest BCUT2D eigenvalue weighted by molar-refractivity contribution is 9.10. The van der Waals surface area contributed by atoms with Crippen LogP contribution in [0.15, 0.2) is 22.7 Å². The van der Waals surface area contributed by atoms with Crippen LogP contribution >= 0.6 is 15.9 Å². The van der Waals surface area contributed by atoms with Crippen LogP contribution in [-0.4, -0.2) is 48.8 Å². The summed E-state index contributed by atoms with van der Waals surface area (Å²) in [6.45, 7) is 3.40. The third-order valence-electron chi connectivity index (χ3n) is 4.28. The number of carbonyl (C=O) groups excluding carboxylic acids is 3. The molecule has 0 radical (unpaired) electrons. The van der Waals surface area contributed by atoms with E-state index >= 15 is 0 Å². The molecule has 1 unspecified atom stereocenters. The molecule has 0 aromatic heterocycles. The summed E-state index contributed by atoms with van der Waals surface area (Å²) in [5.41, 5.74) is 1.85. The molecule has 3 rings (SSSR count). The summed E-state index contributed by atoms with van der Waals surface area (Å²) in [5.74, 6) is -0.678. The minimum atomic E-state index is -0.377. The van der Waals surface area contributed by atoms with Gasteiger partial charge in [-0.3, -0.25) is 14.4 Å². The van der Waals surface area contributed by atoms with Gasteiger partial charge in [-0.25, -0.2) is 0 Å². The molecule has 1 aromatic carbocycles. The van der Waals surface area contributed by atoms with Crippen molar-refractivity contribution >= 4 is 39.3 Å². The monoisotopic (exact) mass is 379 g/mol. The van der Waals surface area contributed by atoms with Crippen molar-refractivity contribution in [2.45, 2.75) is 13.3 Å². The maximum Gasteiger partial charge on any atom is 0.239 e. The van der Waals surface area contributed by atoms with Crippen LogP contribution in [0.2, 0.25) is 0 Å². The Morgan fingerprint density at radius 1 is 1.35 bits per heavy atom. The number of hydrogen-bond donors (Lipinski definition) is 1. The second-order valence-electron chi connectivity index (χ2n) is 5.95. The summed E-state index contributed by atoms with van der Waals surface area (Å²) in [4.78, 5) is 39.5. The van der Waals surface area contributed by atoms with Gasteiger partial charge < -0.3 is 15.1 Å². The molecule has 6 nitrogen and oxygen atoms in total. The Kier molecular flexibility index (Phi) is 4.39. The fraction of sp³-hybridized carbons (Fsp3) is 0.438. The van der Waals surface area contributed by atoms with Crippen LogP contribution in [0, 0.1) is 12.8 Å². The van der Waals surface area contributed by atoms with Gasteiger partial charge in [0.2, 0.25) is 17.7 Å². The van der Waals surface area contributed by atoms with Gasteiger partial charge in [0, 0.05) is 36.2 Å². The smallest absolute Gasteiger partial charge is 0.239 e. The van der Waals surface area contributed by atoms with E-state index in [0.717, 1.165) is 15.7 Å². The quantitative estimate of drug-likeness (QED) is 0.835. The molecule has 7 heteroatoms. The lowest BCUT2D eigenvalue weighted by Gasteiger charge is -2.28. The Balaban J connectivity index is 1.72. The van der Waals surface area contributed by atoms with Crippen LogP contribution in [0.1, 0.15) is 12.0 Å². The number of rotatable bonds is 2. The molecule has 23 heavy (non-hydrogen) atoms. The van der Waals surface area contributed by atoms with Crippen molar-refractivity contribution in [2.75, 3.05) is 31.1 Å². The van der Waals surface area contributed by atoms with Crippen LogP contribution < -0.4 is 10.2 Å². The molecule has 2 saturated heterocycles. The summed E-state index contributed by atoms with van der Waals surface area (Å²) in [6.07, 6.45) is 0.200. The van der Waals surface area contributed by atoms with Gasteiger partial charge in [-0.2, -0.15) is 0 Å². The van der Waals surface area contributed by atoms with Gasteiger partial charge >= 0.3 is 0 Å². The van der Waals surface area contributed by atoms with Crippen molar-refractivity contribution < 1.29 is 14.4 Å². The summed E-state index contributed by atoms with van der Waals surface area (Å²) >= 11 is 3.44. The summed E-state index contributed by atoms with van der Waals surface area (Å²) in [5, 5.41) is 2.70. The number of hydrogen-bond acceptors (Lipinski definition) is 3. The van der Waals surface area contributed by atoms with E-state index in [1.807, 2.05) is 25.1 Å². The van der Waals surface area contributed by atoms with Gasteiger partial charge in [-0.05, 0) is 30.7 Å². The van der Waals surface area contributed by atoms with Gasteiger partial charge in [0.15, 0.2) is 0 Å². The second kappa shape index (κ2) is 6.31. The summed E-state index contributed by atoms with van der Waals surface area (Å²) in [7, 11) is 0. The highest BCUT2D eigenvalue weighted by atomic mass is 79.9. The molecule has 1 aromatic rings. The molecule has 2 heterocycles. The second-order valence-corrected chi connectivity index (χ2v) is 6.80. The van der Waals surface area contributed by atoms with Crippen molar-refractivity contribution in [3.05, 3.63) is 28.2 Å². The molecular weight excluding hydrogens is 362 g/mol. The minimum Gasteiger partial charge on any atom is -0.353 e. The zero-order chi connectivity index (χ0) is 16.6. The van der Waals surface area contributed by atoms with Gasteiger partial charge in [0.05, 0.1) is 12.5 Å². The molecule has 0 bridgehead atoms. The highest BCUT2D eigenvalue weighted by Crippen LogP contribution is 2.29. The highest BCUT2D eigenvalue weighted by Gasteiger charge is 2.38. The van der Waals surface area contributed by atoms with Crippen LogP contribution in [0.25, 0.3) is 0 Å². The van der Waals surface area contributed by atoms with Crippen LogP contribution in [0.5, 0.6) is 0 Å². The van der Waals surface area contributed by atoms with Crippen LogP contribution in [-0.2, 0) is 14.4 Å². The predicted molar refractivity (Wildman–Crippen MR) is 88.9 cm³/mol. The average Bonchev–Trinajstić information content (AvgIpc) is 2.91. The molecule has 3 amide bonds. The normalized spacial score (nSPS) is 21.6. The largest absolute Gasteiger partial charge is 0.353 e. The Labute approximate surface area is 142 Å². The lowest BCUT2D eigenvalue weighted by atomic mass is 10.1. The minimum absolute atomic E-state index is 0.0495. The Morgan fingerprint density at radius 2 is 2.13 bits per heavy atom. The molecule has 2 fully saturated rings. The first kappa shape index (κ1) is 16.0. The molecule has 0 saturated carbocycles. The number of benzene rings is 1. The van der Waals surface area contributed by atoms with E-state index in [1.54, 1.807) is 9.80 Å². The Morgan fingerprint density at radius 3 is 2.83 bits per heavy atom. The van der Waals surface area contributed by atoms with E-state index in [4.69, 9.17) is 0 Å². The van der Waals surface area contributed by atoms with E-state index in [1.165, 1.54) is 0 Å². The molecule has 1 N–H and O–H groups in total. The number of nitrogens with one attached hydrogen (secondary N) is 1. The third kappa shape index (κ3) is 3.24. The molecular formula is C16H18BrN3O3. The number of aryl methyl sites for hydroxylation is 1. The standard InChI is InChI=1S/C16H18BrN3O3/c1-10-6-12(2-3-13(10)17)20-8-11(7-15(20)22)16(23)19-5-4-18-14(21)9-19/h2-3,6,11H,4-5,7-9H2,1H3,(H,18,21). The van der Waals surface area contributed by atoms with Gasteiger partial charge in [-0.1, -0.05) is 15.9 Å². The van der Waals surface area contributed by atoms with Gasteiger partial charge in [0.25, 0.3) is 0 Å². The number of carbonyl (C=O) groups is 3. The fourth-order valence-electron chi connectivity index (χ4n) is 3.00. The lowest BCUT2D eigenvalue weighted by Crippen LogP contribution is -2.51. The number of nitrogens with zero attached hydrogens (tertiary/aromatic N) is 2. The number of piperazine rings is 1. The van der Waals surface area contributed by atoms with Crippen molar-refractivity contribution in [1.29, 1.82) is 0 Å². The van der Waals surface area contributed by atoms with E-state index in [-0.39, 0.29) is 36.6 Å². The molecule has 122 valence electrons. The zero-order valence-electron chi connectivity index (χ0n) is 12.8. The Bertz CT molecular complexity index is 677. The van der Waals surface area contributed by atoms with Crippen molar-refractivity contribution in [2.24, 2.45) is 5.92 Å². The number of amides is 3. The predicted octanol–water partition coefficient (Wildman–Crippen LogP) is 1.07. The molecule has 0 spiro atoms. The first-order valence-electron chi connectivity index (χ1n) is 7.57. The van der Waals surface area contributed by atoms with E-state index < -0.39 is 0 Å². The van der Waals surface area contributed by atoms with Crippen molar-refractivity contribution in [3.8, 4) is 0 Å². The van der Waals surface area contributed by atoms with Crippen LogP contribution in [0.3, 0.4) is 0 Å².